The van der Waals surface area contributed by atoms with Crippen LogP contribution in [0.5, 0.6) is 11.5 Å². The Kier molecular flexibility index (Phi) is 6.46. The molecule has 2 aromatic carbocycles. The van der Waals surface area contributed by atoms with Crippen molar-refractivity contribution in [2.24, 2.45) is 4.99 Å². The summed E-state index contributed by atoms with van der Waals surface area (Å²) in [5, 5.41) is 9.95. The van der Waals surface area contributed by atoms with Crippen molar-refractivity contribution in [3.8, 4) is 11.5 Å². The molecule has 8 heteroatoms. The molecule has 1 atom stereocenters. The maximum absolute atomic E-state index is 13.3. The summed E-state index contributed by atoms with van der Waals surface area (Å²) in [5.74, 6) is -0.0984. The zero-order valence-corrected chi connectivity index (χ0v) is 19.4. The maximum Gasteiger partial charge on any atom is 0.338 e. The SMILES string of the molecule is CCOC(=O)C1=C(C)n2c(s/c(=C\c3ccc(O)c(OCC)c3)c2=O)=N[C@@H]1c1ccccc1. The number of carbonyl (C=O) groups is 1. The van der Waals surface area contributed by atoms with Gasteiger partial charge in [-0.3, -0.25) is 9.36 Å². The van der Waals surface area contributed by atoms with Crippen molar-refractivity contribution < 1.29 is 19.4 Å². The van der Waals surface area contributed by atoms with Gasteiger partial charge in [-0.15, -0.1) is 0 Å². The van der Waals surface area contributed by atoms with Crippen molar-refractivity contribution in [2.45, 2.75) is 26.8 Å². The minimum absolute atomic E-state index is 0.0368. The zero-order chi connectivity index (χ0) is 23.5. The number of ether oxygens (including phenoxy) is 2. The highest BCUT2D eigenvalue weighted by atomic mass is 32.1. The maximum atomic E-state index is 13.3. The van der Waals surface area contributed by atoms with E-state index in [9.17, 15) is 14.7 Å². The van der Waals surface area contributed by atoms with E-state index in [0.29, 0.717) is 38.5 Å². The second kappa shape index (κ2) is 9.46. The van der Waals surface area contributed by atoms with Crippen LogP contribution in [0.4, 0.5) is 0 Å². The number of allylic oxidation sites excluding steroid dienone is 1. The molecular weight excluding hydrogens is 440 g/mol. The van der Waals surface area contributed by atoms with Gasteiger partial charge in [0.25, 0.3) is 5.56 Å². The van der Waals surface area contributed by atoms with Crippen LogP contribution in [0.15, 0.2) is 63.9 Å². The molecule has 0 spiro atoms. The first-order valence-electron chi connectivity index (χ1n) is 10.6. The third-order valence-corrected chi connectivity index (χ3v) is 6.22. The van der Waals surface area contributed by atoms with Crippen molar-refractivity contribution in [1.29, 1.82) is 0 Å². The monoisotopic (exact) mass is 464 g/mol. The Bertz CT molecular complexity index is 1400. The minimum Gasteiger partial charge on any atom is -0.504 e. The molecule has 1 N–H and O–H groups in total. The number of rotatable bonds is 6. The van der Waals surface area contributed by atoms with Gasteiger partial charge >= 0.3 is 5.97 Å². The fraction of sp³-hybridized carbons (Fsp3) is 0.240. The summed E-state index contributed by atoms with van der Waals surface area (Å²) in [6.45, 7) is 5.95. The number of hydrogen-bond donors (Lipinski definition) is 1. The summed E-state index contributed by atoms with van der Waals surface area (Å²) in [7, 11) is 0. The van der Waals surface area contributed by atoms with E-state index in [-0.39, 0.29) is 17.9 Å². The highest BCUT2D eigenvalue weighted by Gasteiger charge is 2.31. The highest BCUT2D eigenvalue weighted by Crippen LogP contribution is 2.32. The van der Waals surface area contributed by atoms with Gasteiger partial charge in [-0.05, 0) is 50.1 Å². The van der Waals surface area contributed by atoms with E-state index < -0.39 is 12.0 Å². The van der Waals surface area contributed by atoms with E-state index in [1.165, 1.54) is 22.0 Å². The van der Waals surface area contributed by atoms with Crippen LogP contribution in [0, 0.1) is 0 Å². The predicted octanol–water partition coefficient (Wildman–Crippen LogP) is 3.01. The van der Waals surface area contributed by atoms with Gasteiger partial charge in [0.2, 0.25) is 0 Å². The molecule has 1 aliphatic heterocycles. The smallest absolute Gasteiger partial charge is 0.338 e. The average molecular weight is 465 g/mol. The number of fused-ring (bicyclic) bond motifs is 1. The number of nitrogens with zero attached hydrogens (tertiary/aromatic N) is 2. The van der Waals surface area contributed by atoms with Gasteiger partial charge in [-0.25, -0.2) is 9.79 Å². The van der Waals surface area contributed by atoms with Crippen LogP contribution < -0.4 is 19.6 Å². The first-order valence-corrected chi connectivity index (χ1v) is 11.5. The lowest BCUT2D eigenvalue weighted by molar-refractivity contribution is -0.138. The standard InChI is InChI=1S/C25H24N2O5S/c1-4-31-19-13-16(11-12-18(19)28)14-20-23(29)27-15(3)21(24(30)32-5-2)22(26-25(27)33-20)17-9-7-6-8-10-17/h6-14,22,28H,4-5H2,1-3H3/b20-14-/t22-/m1/s1. The number of phenolic OH excluding ortho intramolecular Hbond substituents is 1. The normalized spacial score (nSPS) is 15.7. The van der Waals surface area contributed by atoms with Crippen LogP contribution in [0.3, 0.4) is 0 Å². The molecule has 2 heterocycles. The summed E-state index contributed by atoms with van der Waals surface area (Å²) in [6.07, 6.45) is 1.73. The molecule has 0 saturated heterocycles. The molecule has 1 aromatic heterocycles. The lowest BCUT2D eigenvalue weighted by atomic mass is 9.97. The Morgan fingerprint density at radius 3 is 2.64 bits per heavy atom. The van der Waals surface area contributed by atoms with Crippen LogP contribution in [0.25, 0.3) is 11.8 Å². The topological polar surface area (TPSA) is 90.1 Å². The molecule has 0 saturated carbocycles. The molecule has 0 bridgehead atoms. The van der Waals surface area contributed by atoms with Crippen LogP contribution in [0.2, 0.25) is 0 Å². The third kappa shape index (κ3) is 4.34. The molecule has 170 valence electrons. The highest BCUT2D eigenvalue weighted by molar-refractivity contribution is 7.07. The lowest BCUT2D eigenvalue weighted by Gasteiger charge is -2.22. The van der Waals surface area contributed by atoms with Gasteiger partial charge in [0.05, 0.1) is 23.3 Å². The number of thiazole rings is 1. The number of esters is 1. The Labute approximate surface area is 194 Å². The molecule has 0 radical (unpaired) electrons. The Morgan fingerprint density at radius 1 is 1.18 bits per heavy atom. The van der Waals surface area contributed by atoms with Gasteiger partial charge in [0, 0.05) is 5.70 Å². The van der Waals surface area contributed by atoms with Crippen molar-refractivity contribution in [1.82, 2.24) is 4.57 Å². The second-order valence-corrected chi connectivity index (χ2v) is 8.36. The number of phenols is 1. The van der Waals surface area contributed by atoms with Crippen LogP contribution in [-0.2, 0) is 9.53 Å². The van der Waals surface area contributed by atoms with E-state index in [2.05, 4.69) is 0 Å². The Morgan fingerprint density at radius 2 is 1.94 bits per heavy atom. The minimum atomic E-state index is -0.561. The van der Waals surface area contributed by atoms with Gasteiger partial charge in [-0.1, -0.05) is 47.7 Å². The summed E-state index contributed by atoms with van der Waals surface area (Å²) < 4.78 is 12.7. The van der Waals surface area contributed by atoms with Crippen molar-refractivity contribution in [3.63, 3.8) is 0 Å². The van der Waals surface area contributed by atoms with Gasteiger partial charge in [-0.2, -0.15) is 0 Å². The number of aromatic hydroxyl groups is 1. The molecule has 4 rings (SSSR count). The molecule has 3 aromatic rings. The van der Waals surface area contributed by atoms with Crippen molar-refractivity contribution >= 4 is 29.1 Å². The van der Waals surface area contributed by atoms with E-state index in [4.69, 9.17) is 14.5 Å². The van der Waals surface area contributed by atoms with Crippen molar-refractivity contribution in [2.75, 3.05) is 13.2 Å². The zero-order valence-electron chi connectivity index (χ0n) is 18.6. The first kappa shape index (κ1) is 22.5. The quantitative estimate of drug-likeness (QED) is 0.567. The number of hydrogen-bond acceptors (Lipinski definition) is 7. The van der Waals surface area contributed by atoms with E-state index in [1.807, 2.05) is 37.3 Å². The van der Waals surface area contributed by atoms with Gasteiger partial charge in [0.15, 0.2) is 16.3 Å². The lowest BCUT2D eigenvalue weighted by Crippen LogP contribution is -2.35. The number of carbonyl (C=O) groups excluding carboxylic acids is 1. The van der Waals surface area contributed by atoms with E-state index in [1.54, 1.807) is 32.1 Å². The molecule has 0 amide bonds. The molecule has 0 aliphatic carbocycles. The average Bonchev–Trinajstić information content (AvgIpc) is 3.12. The fourth-order valence-electron chi connectivity index (χ4n) is 3.74. The second-order valence-electron chi connectivity index (χ2n) is 7.36. The third-order valence-electron chi connectivity index (χ3n) is 5.24. The molecule has 33 heavy (non-hydrogen) atoms. The molecular formula is C25H24N2O5S. The summed E-state index contributed by atoms with van der Waals surface area (Å²) >= 11 is 1.25. The number of aromatic nitrogens is 1. The van der Waals surface area contributed by atoms with Crippen LogP contribution in [-0.4, -0.2) is 28.9 Å². The summed E-state index contributed by atoms with van der Waals surface area (Å²) in [4.78, 5) is 31.4. The van der Waals surface area contributed by atoms with Crippen molar-refractivity contribution in [3.05, 3.63) is 84.9 Å². The fourth-order valence-corrected chi connectivity index (χ4v) is 4.78. The largest absolute Gasteiger partial charge is 0.504 e. The number of benzene rings is 2. The molecule has 1 aliphatic rings. The van der Waals surface area contributed by atoms with Crippen LogP contribution >= 0.6 is 11.3 Å². The summed E-state index contributed by atoms with van der Waals surface area (Å²) in [6, 6.07) is 13.8. The first-order chi connectivity index (χ1) is 15.9. The molecule has 7 nitrogen and oxygen atoms in total. The van der Waals surface area contributed by atoms with Crippen LogP contribution in [0.1, 0.15) is 37.9 Å². The predicted molar refractivity (Wildman–Crippen MR) is 127 cm³/mol. The van der Waals surface area contributed by atoms with E-state index >= 15 is 0 Å². The molecule has 0 fully saturated rings. The van der Waals surface area contributed by atoms with Gasteiger partial charge in [0.1, 0.15) is 6.04 Å². The van der Waals surface area contributed by atoms with E-state index in [0.717, 1.165) is 5.56 Å². The summed E-state index contributed by atoms with van der Waals surface area (Å²) in [5.41, 5.74) is 2.15. The molecule has 0 unspecified atom stereocenters. The Balaban J connectivity index is 1.91. The van der Waals surface area contributed by atoms with Gasteiger partial charge < -0.3 is 14.6 Å². The Hall–Kier alpha value is -3.65.